The molecule has 1 atom stereocenters. The summed E-state index contributed by atoms with van der Waals surface area (Å²) in [6, 6.07) is 6.82. The summed E-state index contributed by atoms with van der Waals surface area (Å²) in [5.74, 6) is -0.120. The molecule has 0 saturated carbocycles. The Hall–Kier alpha value is -1.03. The van der Waals surface area contributed by atoms with E-state index in [0.717, 1.165) is 23.7 Å². The number of methoxy groups -OCH3 is 1. The van der Waals surface area contributed by atoms with E-state index in [0.29, 0.717) is 12.5 Å². The van der Waals surface area contributed by atoms with Gasteiger partial charge < -0.3 is 9.64 Å². The SMILES string of the molecule is COC(=O)CC[C@H]1CCc2cc(Br)ccc2N1C. The van der Waals surface area contributed by atoms with Gasteiger partial charge in [0.15, 0.2) is 0 Å². The first kappa shape index (κ1) is 13.4. The van der Waals surface area contributed by atoms with Gasteiger partial charge in [0.25, 0.3) is 0 Å². The van der Waals surface area contributed by atoms with Gasteiger partial charge in [0.1, 0.15) is 0 Å². The van der Waals surface area contributed by atoms with Gasteiger partial charge in [0.05, 0.1) is 7.11 Å². The molecule has 4 heteroatoms. The van der Waals surface area contributed by atoms with Crippen LogP contribution in [0, 0.1) is 0 Å². The Morgan fingerprint density at radius 1 is 1.56 bits per heavy atom. The maximum Gasteiger partial charge on any atom is 0.305 e. The quantitative estimate of drug-likeness (QED) is 0.803. The molecule has 0 amide bonds. The molecule has 0 aliphatic carbocycles. The maximum atomic E-state index is 11.2. The molecule has 0 bridgehead atoms. The van der Waals surface area contributed by atoms with E-state index in [9.17, 15) is 4.79 Å². The molecule has 2 rings (SSSR count). The third-order valence-corrected chi connectivity index (χ3v) is 4.12. The zero-order valence-corrected chi connectivity index (χ0v) is 12.4. The van der Waals surface area contributed by atoms with Gasteiger partial charge in [0.2, 0.25) is 0 Å². The molecule has 18 heavy (non-hydrogen) atoms. The predicted molar refractivity (Wildman–Crippen MR) is 75.9 cm³/mol. The molecule has 1 aliphatic rings. The lowest BCUT2D eigenvalue weighted by Crippen LogP contribution is -2.36. The number of hydrogen-bond acceptors (Lipinski definition) is 3. The van der Waals surface area contributed by atoms with Crippen LogP contribution in [-0.4, -0.2) is 26.2 Å². The summed E-state index contributed by atoms with van der Waals surface area (Å²) >= 11 is 3.50. The molecule has 0 spiro atoms. The van der Waals surface area contributed by atoms with E-state index in [1.54, 1.807) is 0 Å². The highest BCUT2D eigenvalue weighted by Gasteiger charge is 2.23. The third-order valence-electron chi connectivity index (χ3n) is 3.63. The zero-order chi connectivity index (χ0) is 13.1. The molecule has 1 aromatic rings. The molecule has 0 radical (unpaired) electrons. The lowest BCUT2D eigenvalue weighted by Gasteiger charge is -2.36. The molecule has 1 heterocycles. The summed E-state index contributed by atoms with van der Waals surface area (Å²) in [4.78, 5) is 13.5. The van der Waals surface area contributed by atoms with Crippen LogP contribution >= 0.6 is 15.9 Å². The number of esters is 1. The average Bonchev–Trinajstić information content (AvgIpc) is 2.37. The van der Waals surface area contributed by atoms with Crippen molar-refractivity contribution in [3.05, 3.63) is 28.2 Å². The largest absolute Gasteiger partial charge is 0.469 e. The molecule has 0 N–H and O–H groups in total. The first-order chi connectivity index (χ1) is 8.61. The van der Waals surface area contributed by atoms with Crippen LogP contribution in [0.25, 0.3) is 0 Å². The smallest absolute Gasteiger partial charge is 0.305 e. The summed E-state index contributed by atoms with van der Waals surface area (Å²) < 4.78 is 5.83. The second-order valence-corrected chi connectivity index (χ2v) is 5.61. The Labute approximate surface area is 116 Å². The number of ether oxygens (including phenoxy) is 1. The minimum atomic E-state index is -0.120. The van der Waals surface area contributed by atoms with Gasteiger partial charge in [-0.25, -0.2) is 0 Å². The van der Waals surface area contributed by atoms with Crippen molar-refractivity contribution < 1.29 is 9.53 Å². The van der Waals surface area contributed by atoms with Crippen LogP contribution in [-0.2, 0) is 16.0 Å². The van der Waals surface area contributed by atoms with Crippen molar-refractivity contribution in [3.8, 4) is 0 Å². The van der Waals surface area contributed by atoms with Gasteiger partial charge >= 0.3 is 5.97 Å². The monoisotopic (exact) mass is 311 g/mol. The van der Waals surface area contributed by atoms with Crippen LogP contribution in [0.1, 0.15) is 24.8 Å². The molecule has 0 fully saturated rings. The fourth-order valence-electron chi connectivity index (χ4n) is 2.54. The Balaban J connectivity index is 2.06. The number of halogens is 1. The van der Waals surface area contributed by atoms with E-state index in [2.05, 4.69) is 46.1 Å². The Morgan fingerprint density at radius 3 is 3.06 bits per heavy atom. The van der Waals surface area contributed by atoms with Gasteiger partial charge in [-0.2, -0.15) is 0 Å². The second kappa shape index (κ2) is 5.74. The highest BCUT2D eigenvalue weighted by molar-refractivity contribution is 9.10. The summed E-state index contributed by atoms with van der Waals surface area (Å²) in [5, 5.41) is 0. The summed E-state index contributed by atoms with van der Waals surface area (Å²) in [6.45, 7) is 0. The molecule has 0 unspecified atom stereocenters. The molecular formula is C14H18BrNO2. The standard InChI is InChI=1S/C14H18BrNO2/c1-16-12(6-8-14(17)18-2)5-3-10-9-11(15)4-7-13(10)16/h4,7,9,12H,3,5-6,8H2,1-2H3/t12-/m1/s1. The van der Waals surface area contributed by atoms with Crippen molar-refractivity contribution in [3.63, 3.8) is 0 Å². The lowest BCUT2D eigenvalue weighted by atomic mass is 9.94. The van der Waals surface area contributed by atoms with E-state index >= 15 is 0 Å². The van der Waals surface area contributed by atoms with Crippen molar-refractivity contribution >= 4 is 27.6 Å². The minimum Gasteiger partial charge on any atom is -0.469 e. The second-order valence-electron chi connectivity index (χ2n) is 4.69. The van der Waals surface area contributed by atoms with Crippen molar-refractivity contribution in [1.29, 1.82) is 0 Å². The minimum absolute atomic E-state index is 0.120. The van der Waals surface area contributed by atoms with E-state index in [1.807, 2.05) is 0 Å². The van der Waals surface area contributed by atoms with Crippen LogP contribution in [0.2, 0.25) is 0 Å². The van der Waals surface area contributed by atoms with E-state index < -0.39 is 0 Å². The fraction of sp³-hybridized carbons (Fsp3) is 0.500. The van der Waals surface area contributed by atoms with Crippen molar-refractivity contribution in [2.75, 3.05) is 19.1 Å². The number of aryl methyl sites for hydroxylation is 1. The van der Waals surface area contributed by atoms with Gasteiger partial charge in [-0.15, -0.1) is 0 Å². The van der Waals surface area contributed by atoms with Crippen molar-refractivity contribution in [2.45, 2.75) is 31.7 Å². The zero-order valence-electron chi connectivity index (χ0n) is 10.8. The number of nitrogens with zero attached hydrogens (tertiary/aromatic N) is 1. The number of carbonyl (C=O) groups excluding carboxylic acids is 1. The van der Waals surface area contributed by atoms with Crippen LogP contribution in [0.4, 0.5) is 5.69 Å². The van der Waals surface area contributed by atoms with Gasteiger partial charge in [-0.05, 0) is 43.0 Å². The molecule has 1 aliphatic heterocycles. The summed E-state index contributed by atoms with van der Waals surface area (Å²) in [7, 11) is 3.55. The van der Waals surface area contributed by atoms with Crippen LogP contribution < -0.4 is 4.90 Å². The first-order valence-electron chi connectivity index (χ1n) is 6.20. The number of anilines is 1. The highest BCUT2D eigenvalue weighted by Crippen LogP contribution is 2.33. The first-order valence-corrected chi connectivity index (χ1v) is 6.99. The molecular weight excluding hydrogens is 294 g/mol. The Morgan fingerprint density at radius 2 is 2.33 bits per heavy atom. The predicted octanol–water partition coefficient (Wildman–Crippen LogP) is 3.15. The normalized spacial score (nSPS) is 18.4. The Kier molecular flexibility index (Phi) is 4.27. The average molecular weight is 312 g/mol. The molecule has 0 saturated heterocycles. The topological polar surface area (TPSA) is 29.5 Å². The molecule has 3 nitrogen and oxygen atoms in total. The molecule has 0 aromatic heterocycles. The fourth-order valence-corrected chi connectivity index (χ4v) is 2.94. The summed E-state index contributed by atoms with van der Waals surface area (Å²) in [5.41, 5.74) is 2.65. The number of carbonyl (C=O) groups is 1. The Bertz CT molecular complexity index is 447. The van der Waals surface area contributed by atoms with Gasteiger partial charge in [0, 0.05) is 29.7 Å². The van der Waals surface area contributed by atoms with Crippen LogP contribution in [0.15, 0.2) is 22.7 Å². The maximum absolute atomic E-state index is 11.2. The van der Waals surface area contributed by atoms with Gasteiger partial charge in [-0.1, -0.05) is 15.9 Å². The number of benzene rings is 1. The molecule has 1 aromatic carbocycles. The number of rotatable bonds is 3. The van der Waals surface area contributed by atoms with Crippen LogP contribution in [0.5, 0.6) is 0 Å². The van der Waals surface area contributed by atoms with E-state index in [-0.39, 0.29) is 5.97 Å². The van der Waals surface area contributed by atoms with Crippen molar-refractivity contribution in [2.24, 2.45) is 0 Å². The summed E-state index contributed by atoms with van der Waals surface area (Å²) in [6.07, 6.45) is 3.53. The van der Waals surface area contributed by atoms with Crippen LogP contribution in [0.3, 0.4) is 0 Å². The van der Waals surface area contributed by atoms with E-state index in [1.165, 1.54) is 18.4 Å². The van der Waals surface area contributed by atoms with Crippen molar-refractivity contribution in [1.82, 2.24) is 0 Å². The lowest BCUT2D eigenvalue weighted by molar-refractivity contribution is -0.140. The highest BCUT2D eigenvalue weighted by atomic mass is 79.9. The third kappa shape index (κ3) is 2.86. The molecule has 98 valence electrons. The number of fused-ring (bicyclic) bond motifs is 1. The van der Waals surface area contributed by atoms with E-state index in [4.69, 9.17) is 4.74 Å². The van der Waals surface area contributed by atoms with Gasteiger partial charge in [-0.3, -0.25) is 4.79 Å². The number of hydrogen-bond donors (Lipinski definition) is 0.